The van der Waals surface area contributed by atoms with Crippen LogP contribution in [0.25, 0.3) is 0 Å². The third-order valence-electron chi connectivity index (χ3n) is 10.5. The molecule has 0 radical (unpaired) electrons. The molecule has 13 rings (SSSR count). The highest BCUT2D eigenvalue weighted by atomic mass is 32.1. The van der Waals surface area contributed by atoms with Gasteiger partial charge in [0, 0.05) is 42.5 Å². The molecule has 5 aliphatic rings. The van der Waals surface area contributed by atoms with Crippen LogP contribution in [-0.2, 0) is 28.4 Å². The van der Waals surface area contributed by atoms with Crippen molar-refractivity contribution in [3.05, 3.63) is 156 Å². The van der Waals surface area contributed by atoms with Crippen LogP contribution in [-0.4, -0.2) is 101 Å². The average Bonchev–Trinajstić information content (AvgIpc) is 4.33. The molecule has 1 atom stereocenters. The van der Waals surface area contributed by atoms with E-state index in [1.165, 1.54) is 76.5 Å². The number of aromatic nitrogens is 6. The van der Waals surface area contributed by atoms with Crippen LogP contribution in [0, 0.1) is 80.6 Å². The molecule has 13 heterocycles. The Morgan fingerprint density at radius 1 is 0.647 bits per heavy atom. The van der Waals surface area contributed by atoms with Crippen molar-refractivity contribution in [3.63, 3.8) is 0 Å². The van der Waals surface area contributed by atoms with Gasteiger partial charge in [-0.2, -0.15) is 31.6 Å². The Morgan fingerprint density at radius 3 is 1.48 bits per heavy atom. The van der Waals surface area contributed by atoms with Crippen LogP contribution < -0.4 is 5.73 Å². The molecular formula is C62H93N9O11S3. The summed E-state index contributed by atoms with van der Waals surface area (Å²) in [4.78, 5) is 18.8. The molecule has 8 aromatic rings. The molecule has 0 aliphatic carbocycles. The maximum Gasteiger partial charge on any atom is 0.318 e. The SMILES string of the molecule is CC1=CCCCO1.CC1=NCCC1.CC1CCCO1.CC1OCCO1.CCC1OCCO1.Cc1ccc(C#N)s1.Cc1ccco1.Cc1cccs1.Cc1ccoc1.Cc1ccsc1.Cc1noc(C)n1.Cc1noc(C)n1.Cc1noc(N)n1. The number of nitrogens with two attached hydrogens (primary N) is 1. The second-order valence-electron chi connectivity index (χ2n) is 18.7. The molecule has 20 nitrogen and oxygen atoms in total. The van der Waals surface area contributed by atoms with Gasteiger partial charge in [0.05, 0.1) is 63.7 Å². The van der Waals surface area contributed by atoms with Gasteiger partial charge in [-0.1, -0.05) is 28.5 Å². The summed E-state index contributed by atoms with van der Waals surface area (Å²) in [5, 5.41) is 25.1. The molecule has 8 aromatic heterocycles. The summed E-state index contributed by atoms with van der Waals surface area (Å²) in [5.74, 6) is 5.25. The lowest BCUT2D eigenvalue weighted by molar-refractivity contribution is -0.0430. The van der Waals surface area contributed by atoms with E-state index in [-0.39, 0.29) is 18.6 Å². The molecule has 1 unspecified atom stereocenters. The second-order valence-corrected chi connectivity index (χ2v) is 21.9. The van der Waals surface area contributed by atoms with E-state index >= 15 is 0 Å². The fraction of sp³-hybridized carbons (Fsp3) is 0.516. The van der Waals surface area contributed by atoms with Gasteiger partial charge >= 0.3 is 6.01 Å². The Hall–Kier alpha value is -6.62. The number of allylic oxidation sites excluding steroid dienone is 2. The minimum atomic E-state index is 0.0463. The summed E-state index contributed by atoms with van der Waals surface area (Å²) in [6.45, 7) is 35.1. The first kappa shape index (κ1) is 76.4. The number of hydrogen-bond donors (Lipinski definition) is 1. The van der Waals surface area contributed by atoms with Gasteiger partial charge in [-0.3, -0.25) is 4.99 Å². The number of rotatable bonds is 1. The van der Waals surface area contributed by atoms with Crippen LogP contribution in [0.2, 0.25) is 0 Å². The predicted molar refractivity (Wildman–Crippen MR) is 338 cm³/mol. The highest BCUT2D eigenvalue weighted by Crippen LogP contribution is 2.13. The van der Waals surface area contributed by atoms with E-state index in [1.54, 1.807) is 76.1 Å². The smallest absolute Gasteiger partial charge is 0.318 e. The fourth-order valence-corrected chi connectivity index (χ4v) is 8.08. The maximum absolute atomic E-state index is 8.31. The molecule has 0 aromatic carbocycles. The first-order chi connectivity index (χ1) is 40.8. The molecule has 0 bridgehead atoms. The molecule has 0 saturated carbocycles. The van der Waals surface area contributed by atoms with Gasteiger partial charge in [0.15, 0.2) is 30.1 Å². The van der Waals surface area contributed by atoms with Gasteiger partial charge in [0.1, 0.15) is 16.7 Å². The van der Waals surface area contributed by atoms with Crippen molar-refractivity contribution < 1.29 is 50.8 Å². The number of nitrogen functional groups attached to an aromatic ring is 1. The molecule has 23 heteroatoms. The molecule has 3 fully saturated rings. The predicted octanol–water partition coefficient (Wildman–Crippen LogP) is 15.8. The zero-order valence-corrected chi connectivity index (χ0v) is 55.1. The van der Waals surface area contributed by atoms with E-state index in [4.69, 9.17) is 48.3 Å². The summed E-state index contributed by atoms with van der Waals surface area (Å²) >= 11 is 5.04. The van der Waals surface area contributed by atoms with Gasteiger partial charge in [0.25, 0.3) is 0 Å². The van der Waals surface area contributed by atoms with Gasteiger partial charge in [-0.15, -0.1) is 22.7 Å². The minimum Gasteiger partial charge on any atom is -0.499 e. The quantitative estimate of drug-likeness (QED) is 0.160. The Bertz CT molecular complexity index is 2530. The van der Waals surface area contributed by atoms with Crippen molar-refractivity contribution in [3.8, 4) is 6.07 Å². The number of anilines is 1. The standard InChI is InChI=1S/C6H5NS.C6H10O.C5H9N.C5H10O2.C5H6O.C5H10O.C5H6O.2C5H6S.2C4H6N2O.C4H8O2.C3H5N3O/c1-5-2-3-6(4-7)8-5;1-6-4-2-3-5-7-6;1-5-3-2-4-6-5;1-2-5-6-3-4-7-5;1-5-2-3-6-4-5;2*1-5-3-2-4-6-5;1-5-2-3-6-4-5;1-5-3-2-4-6-5;2*1-3-5-4(2)7-6-3;1-4-5-2-3-6-4;1-2-5-3(4)7-6-2/h2-3H,1H3;4H,2-3,5H2,1H3;2-4H2,1H3;5H,2-4H2,1H3;2-4H,1H3;5H,2-4H2,1H3;3*2-4H,1H3;2*1-2H3;4H,2-3H2,1H3;1H3,(H2,4,5,6). The minimum absolute atomic E-state index is 0.0463. The van der Waals surface area contributed by atoms with Crippen LogP contribution in [0.5, 0.6) is 0 Å². The van der Waals surface area contributed by atoms with Crippen LogP contribution in [0.15, 0.2) is 123 Å². The van der Waals surface area contributed by atoms with Crippen LogP contribution in [0.4, 0.5) is 6.01 Å². The second kappa shape index (κ2) is 49.6. The van der Waals surface area contributed by atoms with Gasteiger partial charge in [-0.25, -0.2) is 0 Å². The Labute approximate surface area is 516 Å². The molecule has 85 heavy (non-hydrogen) atoms. The third kappa shape index (κ3) is 46.4. The third-order valence-corrected chi connectivity index (χ3v) is 13.0. The zero-order chi connectivity index (χ0) is 62.9. The average molecular weight is 1240 g/mol. The summed E-state index contributed by atoms with van der Waals surface area (Å²) in [7, 11) is 0. The number of thiophene rings is 3. The lowest BCUT2D eigenvalue weighted by Gasteiger charge is -2.09. The monoisotopic (exact) mass is 1240 g/mol. The van der Waals surface area contributed by atoms with Gasteiger partial charge in [-0.05, 0) is 204 Å². The molecule has 3 saturated heterocycles. The molecule has 0 amide bonds. The number of furan rings is 2. The Kier molecular flexibility index (Phi) is 44.6. The largest absolute Gasteiger partial charge is 0.499 e. The number of nitriles is 1. The van der Waals surface area contributed by atoms with Gasteiger partial charge in [0.2, 0.25) is 11.8 Å². The highest BCUT2D eigenvalue weighted by molar-refractivity contribution is 7.12. The lowest BCUT2D eigenvalue weighted by Crippen LogP contribution is -2.03. The van der Waals surface area contributed by atoms with E-state index in [9.17, 15) is 0 Å². The molecule has 5 aliphatic heterocycles. The van der Waals surface area contributed by atoms with E-state index in [1.807, 2.05) is 65.0 Å². The molecule has 0 spiro atoms. The maximum atomic E-state index is 8.31. The molecular weight excluding hydrogens is 1140 g/mol. The number of ether oxygens (including phenoxy) is 6. The zero-order valence-electron chi connectivity index (χ0n) is 52.7. The first-order valence-corrected chi connectivity index (χ1v) is 30.8. The fourth-order valence-electron chi connectivity index (χ4n) is 6.22. The number of nitrogens with zero attached hydrogens (tertiary/aromatic N) is 8. The van der Waals surface area contributed by atoms with Crippen molar-refractivity contribution in [1.29, 1.82) is 5.26 Å². The molecule has 2 N–H and O–H groups in total. The summed E-state index contributed by atoms with van der Waals surface area (Å²) in [6, 6.07) is 17.9. The van der Waals surface area contributed by atoms with E-state index in [2.05, 4.69) is 130 Å². The topological polar surface area (TPSA) is 261 Å². The highest BCUT2D eigenvalue weighted by Gasteiger charge is 2.12. The lowest BCUT2D eigenvalue weighted by atomic mass is 10.2. The number of hydrogen-bond acceptors (Lipinski definition) is 23. The number of aryl methyl sites for hydroxylation is 10. The first-order valence-electron chi connectivity index (χ1n) is 28.2. The van der Waals surface area contributed by atoms with E-state index in [0.29, 0.717) is 35.4 Å². The van der Waals surface area contributed by atoms with Gasteiger partial charge < -0.3 is 56.6 Å². The van der Waals surface area contributed by atoms with E-state index in [0.717, 1.165) is 69.0 Å². The molecule has 470 valence electrons. The number of aliphatic imine (C=N–C) groups is 1. The van der Waals surface area contributed by atoms with Crippen molar-refractivity contribution in [2.75, 3.05) is 51.9 Å². The normalized spacial score (nSPS) is 15.0. The summed E-state index contributed by atoms with van der Waals surface area (Å²) in [5.41, 5.74) is 8.90. The van der Waals surface area contributed by atoms with Crippen LogP contribution in [0.1, 0.15) is 140 Å². The van der Waals surface area contributed by atoms with Crippen molar-refractivity contribution in [2.24, 2.45) is 4.99 Å². The Balaban J connectivity index is 0.000000461. The van der Waals surface area contributed by atoms with E-state index < -0.39 is 0 Å². The van der Waals surface area contributed by atoms with Crippen LogP contribution in [0.3, 0.4) is 0 Å². The summed E-state index contributed by atoms with van der Waals surface area (Å²) < 4.78 is 53.4. The van der Waals surface area contributed by atoms with Crippen LogP contribution >= 0.6 is 34.0 Å². The Morgan fingerprint density at radius 2 is 1.31 bits per heavy atom. The summed E-state index contributed by atoms with van der Waals surface area (Å²) in [6.07, 6.45) is 16.3. The van der Waals surface area contributed by atoms with Crippen molar-refractivity contribution in [1.82, 2.24) is 30.4 Å². The van der Waals surface area contributed by atoms with Crippen molar-refractivity contribution in [2.45, 2.75) is 167 Å². The van der Waals surface area contributed by atoms with Crippen molar-refractivity contribution >= 4 is 45.7 Å².